The highest BCUT2D eigenvalue weighted by molar-refractivity contribution is 7.96. The molecule has 0 radical (unpaired) electrons. The third-order valence-electron chi connectivity index (χ3n) is 6.21. The van der Waals surface area contributed by atoms with Gasteiger partial charge in [-0.15, -0.1) is 0 Å². The summed E-state index contributed by atoms with van der Waals surface area (Å²) in [7, 11) is -2.85. The van der Waals surface area contributed by atoms with Crippen LogP contribution in [0.4, 0.5) is 14.6 Å². The van der Waals surface area contributed by atoms with Gasteiger partial charge in [-0.25, -0.2) is 27.3 Å². The van der Waals surface area contributed by atoms with E-state index in [1.54, 1.807) is 27.7 Å². The maximum absolute atomic E-state index is 15.0. The number of nitrogens with zero attached hydrogens (tertiary/aromatic N) is 4. The maximum Gasteiger partial charge on any atom is 0.275 e. The van der Waals surface area contributed by atoms with Crippen molar-refractivity contribution in [1.29, 1.82) is 0 Å². The molecular weight excluding hydrogens is 438 g/mol. The van der Waals surface area contributed by atoms with Gasteiger partial charge in [0, 0.05) is 6.54 Å². The molecule has 0 aliphatic carbocycles. The molecule has 2 aliphatic rings. The average Bonchev–Trinajstić information content (AvgIpc) is 3.13. The van der Waals surface area contributed by atoms with Gasteiger partial charge in [-0.05, 0) is 57.9 Å². The molecule has 0 saturated heterocycles. The molecule has 3 atom stereocenters. The predicted octanol–water partition coefficient (Wildman–Crippen LogP) is 2.92. The third kappa shape index (κ3) is 3.17. The number of fused-ring (bicyclic) bond motifs is 1. The minimum atomic E-state index is -2.85. The molecule has 1 amide bonds. The van der Waals surface area contributed by atoms with Crippen LogP contribution < -0.4 is 11.1 Å². The van der Waals surface area contributed by atoms with Gasteiger partial charge in [0.25, 0.3) is 5.91 Å². The smallest absolute Gasteiger partial charge is 0.275 e. The molecule has 0 fully saturated rings. The standard InChI is InChI=1S/C21H24F2N6O2S/c1-11-9-12(22)10-25-16(11)18(30)28-15-6-5-13(23)17(27-15)21(4)14-7-8-26-32(14,31)20(2,3)19(24)29-21/h5-6,9-10,14H,7-8H2,1-4H3,(H2,24,29)(H,27,28,30)/t14-,21+,32-/m1/s1. The van der Waals surface area contributed by atoms with Gasteiger partial charge in [0.1, 0.15) is 45.0 Å². The highest BCUT2D eigenvalue weighted by atomic mass is 32.2. The van der Waals surface area contributed by atoms with Crippen LogP contribution in [0.25, 0.3) is 0 Å². The van der Waals surface area contributed by atoms with Crippen LogP contribution in [0.3, 0.4) is 0 Å². The Kier molecular flexibility index (Phi) is 5.07. The Hall–Kier alpha value is -2.95. The van der Waals surface area contributed by atoms with Gasteiger partial charge in [-0.1, -0.05) is 0 Å². The van der Waals surface area contributed by atoms with Crippen LogP contribution in [0.1, 0.15) is 48.9 Å². The zero-order valence-electron chi connectivity index (χ0n) is 18.1. The number of nitrogens with two attached hydrogens (primary N) is 1. The molecular formula is C21H24F2N6O2S. The van der Waals surface area contributed by atoms with E-state index in [1.807, 2.05) is 0 Å². The van der Waals surface area contributed by atoms with Crippen molar-refractivity contribution in [3.63, 3.8) is 0 Å². The van der Waals surface area contributed by atoms with Crippen molar-refractivity contribution in [2.24, 2.45) is 15.1 Å². The fourth-order valence-corrected chi connectivity index (χ4v) is 7.44. The molecule has 2 aromatic heterocycles. The Morgan fingerprint density at radius 1 is 1.28 bits per heavy atom. The summed E-state index contributed by atoms with van der Waals surface area (Å²) in [4.78, 5) is 25.3. The molecule has 0 saturated carbocycles. The van der Waals surface area contributed by atoms with E-state index in [2.05, 4.69) is 24.6 Å². The Labute approximate surface area is 184 Å². The number of hydrogen-bond acceptors (Lipinski definition) is 7. The molecule has 0 spiro atoms. The van der Waals surface area contributed by atoms with Crippen LogP contribution in [0.15, 0.2) is 33.8 Å². The predicted molar refractivity (Wildman–Crippen MR) is 118 cm³/mol. The SMILES string of the molecule is Cc1cc(F)cnc1C(=O)Nc1ccc(F)c([C@@]2(C)N=C(N)C(C)(C)[S@@]3(=O)=NCC[C@H]23)n1. The molecule has 8 nitrogen and oxygen atoms in total. The van der Waals surface area contributed by atoms with Crippen molar-refractivity contribution in [1.82, 2.24) is 9.97 Å². The lowest BCUT2D eigenvalue weighted by atomic mass is 9.89. The summed E-state index contributed by atoms with van der Waals surface area (Å²) in [5.74, 6) is -1.67. The van der Waals surface area contributed by atoms with Crippen molar-refractivity contribution < 1.29 is 17.8 Å². The number of pyridine rings is 2. The van der Waals surface area contributed by atoms with Crippen LogP contribution in [0.5, 0.6) is 0 Å². The van der Waals surface area contributed by atoms with Crippen molar-refractivity contribution in [3.05, 3.63) is 53.0 Å². The van der Waals surface area contributed by atoms with E-state index in [1.165, 1.54) is 12.1 Å². The molecule has 3 N–H and O–H groups in total. The number of aromatic nitrogens is 2. The van der Waals surface area contributed by atoms with E-state index < -0.39 is 42.8 Å². The maximum atomic E-state index is 15.0. The lowest BCUT2D eigenvalue weighted by molar-refractivity contribution is 0.102. The summed E-state index contributed by atoms with van der Waals surface area (Å²) in [5, 5.41) is 1.97. The van der Waals surface area contributed by atoms with E-state index in [0.717, 1.165) is 12.3 Å². The number of aryl methyl sites for hydroxylation is 1. The fraction of sp³-hybridized carbons (Fsp3) is 0.429. The number of amidine groups is 1. The Bertz CT molecular complexity index is 1290. The highest BCUT2D eigenvalue weighted by Gasteiger charge is 2.57. The number of anilines is 1. The first-order valence-electron chi connectivity index (χ1n) is 10.1. The summed E-state index contributed by atoms with van der Waals surface area (Å²) in [6, 6.07) is 3.65. The first kappa shape index (κ1) is 22.3. The molecule has 4 rings (SSSR count). The molecule has 0 bridgehead atoms. The summed E-state index contributed by atoms with van der Waals surface area (Å²) < 4.78 is 45.6. The van der Waals surface area contributed by atoms with Crippen LogP contribution in [0, 0.1) is 18.6 Å². The number of carbonyl (C=O) groups excluding carboxylic acids is 1. The number of carbonyl (C=O) groups is 1. The van der Waals surface area contributed by atoms with Gasteiger partial charge >= 0.3 is 0 Å². The first-order valence-corrected chi connectivity index (χ1v) is 11.7. The zero-order valence-corrected chi connectivity index (χ0v) is 19.0. The minimum absolute atomic E-state index is 0.0181. The lowest BCUT2D eigenvalue weighted by Crippen LogP contribution is -2.58. The van der Waals surface area contributed by atoms with E-state index in [9.17, 15) is 13.4 Å². The second-order valence-electron chi connectivity index (χ2n) is 8.65. The Morgan fingerprint density at radius 2 is 2.00 bits per heavy atom. The monoisotopic (exact) mass is 462 g/mol. The minimum Gasteiger partial charge on any atom is -0.386 e. The summed E-state index contributed by atoms with van der Waals surface area (Å²) in [5.41, 5.74) is 5.15. The van der Waals surface area contributed by atoms with Crippen molar-refractivity contribution in [2.45, 2.75) is 49.7 Å². The van der Waals surface area contributed by atoms with Crippen molar-refractivity contribution in [2.75, 3.05) is 11.9 Å². The van der Waals surface area contributed by atoms with Crippen LogP contribution in [-0.4, -0.2) is 42.5 Å². The topological polar surface area (TPSA) is 123 Å². The Balaban J connectivity index is 1.76. The normalized spacial score (nSPS) is 28.4. The molecule has 0 aromatic carbocycles. The van der Waals surface area contributed by atoms with E-state index in [0.29, 0.717) is 18.5 Å². The molecule has 32 heavy (non-hydrogen) atoms. The van der Waals surface area contributed by atoms with Gasteiger partial charge in [0.15, 0.2) is 0 Å². The lowest BCUT2D eigenvalue weighted by Gasteiger charge is -2.44. The van der Waals surface area contributed by atoms with Crippen LogP contribution in [0.2, 0.25) is 0 Å². The van der Waals surface area contributed by atoms with Gasteiger partial charge in [-0.3, -0.25) is 9.79 Å². The molecule has 2 aromatic rings. The second kappa shape index (κ2) is 7.29. The second-order valence-corrected chi connectivity index (χ2v) is 11.6. The molecule has 2 aliphatic heterocycles. The van der Waals surface area contributed by atoms with Gasteiger partial charge in [0.05, 0.1) is 21.2 Å². The molecule has 0 unspecified atom stereocenters. The number of halogens is 2. The fourth-order valence-electron chi connectivity index (χ4n) is 4.30. The van der Waals surface area contributed by atoms with E-state index in [4.69, 9.17) is 5.73 Å². The van der Waals surface area contributed by atoms with E-state index >= 15 is 4.39 Å². The van der Waals surface area contributed by atoms with E-state index in [-0.39, 0.29) is 23.0 Å². The number of rotatable bonds is 3. The highest BCUT2D eigenvalue weighted by Crippen LogP contribution is 2.47. The zero-order chi connectivity index (χ0) is 23.5. The molecule has 4 heterocycles. The summed E-state index contributed by atoms with van der Waals surface area (Å²) in [6.45, 7) is 7.01. The quantitative estimate of drug-likeness (QED) is 0.726. The average molecular weight is 463 g/mol. The Morgan fingerprint density at radius 3 is 2.69 bits per heavy atom. The largest absolute Gasteiger partial charge is 0.386 e. The third-order valence-corrected chi connectivity index (χ3v) is 9.92. The summed E-state index contributed by atoms with van der Waals surface area (Å²) in [6.07, 6.45) is 1.39. The van der Waals surface area contributed by atoms with Crippen LogP contribution >= 0.6 is 0 Å². The molecule has 170 valence electrons. The number of hydrogen-bond donors (Lipinski definition) is 2. The molecule has 11 heteroatoms. The van der Waals surface area contributed by atoms with Crippen molar-refractivity contribution in [3.8, 4) is 0 Å². The number of amides is 1. The van der Waals surface area contributed by atoms with Gasteiger partial charge in [0.2, 0.25) is 0 Å². The number of aliphatic imine (C=N–C) groups is 1. The summed E-state index contributed by atoms with van der Waals surface area (Å²) >= 11 is 0. The van der Waals surface area contributed by atoms with Crippen molar-refractivity contribution >= 4 is 27.3 Å². The number of nitrogens with one attached hydrogen (secondary N) is 1. The first-order chi connectivity index (χ1) is 14.9. The van der Waals surface area contributed by atoms with Gasteiger partial charge in [-0.2, -0.15) is 0 Å². The van der Waals surface area contributed by atoms with Gasteiger partial charge < -0.3 is 11.1 Å². The van der Waals surface area contributed by atoms with Crippen LogP contribution in [-0.2, 0) is 15.3 Å².